The van der Waals surface area contributed by atoms with Gasteiger partial charge in [0.1, 0.15) is 0 Å². The van der Waals surface area contributed by atoms with E-state index in [0.29, 0.717) is 11.8 Å². The van der Waals surface area contributed by atoms with Gasteiger partial charge in [0.2, 0.25) is 5.91 Å². The number of hydrogen-bond acceptors (Lipinski definition) is 3. The van der Waals surface area contributed by atoms with Crippen molar-refractivity contribution < 1.29 is 14.3 Å². The second-order valence-electron chi connectivity index (χ2n) is 9.11. The van der Waals surface area contributed by atoms with E-state index >= 15 is 0 Å². The number of carbonyl (C=O) groups excluding carboxylic acids is 2. The lowest BCUT2D eigenvalue weighted by molar-refractivity contribution is -0.121. The number of likely N-dealkylation sites (tertiary alicyclic amines) is 1. The van der Waals surface area contributed by atoms with E-state index in [1.165, 1.54) is 5.56 Å². The smallest absolute Gasteiger partial charge is 0.253 e. The summed E-state index contributed by atoms with van der Waals surface area (Å²) in [6.45, 7) is 9.60. The zero-order valence-electron chi connectivity index (χ0n) is 17.1. The second-order valence-corrected chi connectivity index (χ2v) is 9.11. The number of carbonyl (C=O) groups is 2. The Hall–Kier alpha value is -1.88. The monoisotopic (exact) mass is 372 g/mol. The normalized spacial score (nSPS) is 28.0. The van der Waals surface area contributed by atoms with E-state index in [1.807, 2.05) is 17.0 Å². The van der Waals surface area contributed by atoms with Gasteiger partial charge in [-0.25, -0.2) is 0 Å². The summed E-state index contributed by atoms with van der Waals surface area (Å²) >= 11 is 0. The fourth-order valence-corrected chi connectivity index (χ4v) is 4.55. The van der Waals surface area contributed by atoms with Gasteiger partial charge < -0.3 is 15.0 Å². The summed E-state index contributed by atoms with van der Waals surface area (Å²) in [6.07, 6.45) is 1.78. The first-order chi connectivity index (χ1) is 12.7. The molecule has 1 heterocycles. The lowest BCUT2D eigenvalue weighted by atomic mass is 9.77. The Morgan fingerprint density at radius 2 is 1.67 bits per heavy atom. The van der Waals surface area contributed by atoms with Gasteiger partial charge in [0, 0.05) is 32.7 Å². The van der Waals surface area contributed by atoms with Crippen LogP contribution in [0.1, 0.15) is 56.5 Å². The quantitative estimate of drug-likeness (QED) is 0.887. The Labute approximate surface area is 162 Å². The van der Waals surface area contributed by atoms with Gasteiger partial charge in [0.05, 0.1) is 12.1 Å². The van der Waals surface area contributed by atoms with E-state index in [9.17, 15) is 9.59 Å². The molecule has 0 spiro atoms. The van der Waals surface area contributed by atoms with Crippen molar-refractivity contribution >= 4 is 11.8 Å². The molecule has 4 atom stereocenters. The molecular weight excluding hydrogens is 340 g/mol. The maximum absolute atomic E-state index is 13.0. The van der Waals surface area contributed by atoms with E-state index in [1.54, 1.807) is 14.0 Å². The van der Waals surface area contributed by atoms with Gasteiger partial charge in [-0.05, 0) is 47.8 Å². The van der Waals surface area contributed by atoms with Gasteiger partial charge in [-0.15, -0.1) is 0 Å². The topological polar surface area (TPSA) is 58.6 Å². The van der Waals surface area contributed by atoms with Crippen LogP contribution < -0.4 is 5.32 Å². The molecule has 0 radical (unpaired) electrons. The van der Waals surface area contributed by atoms with E-state index in [-0.39, 0.29) is 29.4 Å². The number of nitrogens with one attached hydrogen (secondary N) is 1. The van der Waals surface area contributed by atoms with E-state index in [2.05, 4.69) is 38.2 Å². The van der Waals surface area contributed by atoms with Crippen LogP contribution in [0, 0.1) is 11.8 Å². The molecule has 0 unspecified atom stereocenters. The Balaban J connectivity index is 1.68. The summed E-state index contributed by atoms with van der Waals surface area (Å²) in [7, 11) is 1.70. The molecule has 1 saturated heterocycles. The van der Waals surface area contributed by atoms with Crippen LogP contribution in [0.5, 0.6) is 0 Å². The summed E-state index contributed by atoms with van der Waals surface area (Å²) in [5.41, 5.74) is 2.07. The summed E-state index contributed by atoms with van der Waals surface area (Å²) in [5.74, 6) is 0.948. The zero-order valence-corrected chi connectivity index (χ0v) is 17.1. The Bertz CT molecular complexity index is 693. The van der Waals surface area contributed by atoms with Crippen molar-refractivity contribution in [3.05, 3.63) is 35.4 Å². The SMILES string of the molecule is CO[C@@H]1C[C@H]2CN(C(=O)c3ccc(C(C)(C)C)cc3)C[C@H]2C[C@H]1NC(C)=O. The molecular formula is C22H32N2O3. The molecule has 5 nitrogen and oxygen atoms in total. The van der Waals surface area contributed by atoms with Crippen LogP contribution >= 0.6 is 0 Å². The number of rotatable bonds is 3. The minimum Gasteiger partial charge on any atom is -0.379 e. The van der Waals surface area contributed by atoms with Crippen molar-refractivity contribution in [2.24, 2.45) is 11.8 Å². The van der Waals surface area contributed by atoms with Crippen LogP contribution in [0.4, 0.5) is 0 Å². The molecule has 148 valence electrons. The molecule has 0 bridgehead atoms. The van der Waals surface area contributed by atoms with Crippen LogP contribution in [-0.4, -0.2) is 49.1 Å². The Morgan fingerprint density at radius 1 is 1.07 bits per heavy atom. The van der Waals surface area contributed by atoms with Gasteiger partial charge in [0.15, 0.2) is 0 Å². The van der Waals surface area contributed by atoms with Crippen LogP contribution in [0.25, 0.3) is 0 Å². The van der Waals surface area contributed by atoms with Crippen molar-refractivity contribution in [2.45, 2.75) is 58.1 Å². The van der Waals surface area contributed by atoms with Crippen LogP contribution in [0.2, 0.25) is 0 Å². The van der Waals surface area contributed by atoms with Gasteiger partial charge in [-0.2, -0.15) is 0 Å². The summed E-state index contributed by atoms with van der Waals surface area (Å²) in [5, 5.41) is 3.02. The molecule has 0 aromatic heterocycles. The molecule has 1 aliphatic heterocycles. The molecule has 2 amide bonds. The van der Waals surface area contributed by atoms with E-state index in [4.69, 9.17) is 4.74 Å². The molecule has 2 aliphatic rings. The van der Waals surface area contributed by atoms with Crippen molar-refractivity contribution in [3.63, 3.8) is 0 Å². The summed E-state index contributed by atoms with van der Waals surface area (Å²) in [6, 6.07) is 8.05. The van der Waals surface area contributed by atoms with Gasteiger partial charge in [-0.1, -0.05) is 32.9 Å². The highest BCUT2D eigenvalue weighted by molar-refractivity contribution is 5.94. The number of methoxy groups -OCH3 is 1. The predicted octanol–water partition coefficient (Wildman–Crippen LogP) is 2.99. The van der Waals surface area contributed by atoms with Crippen LogP contribution in [-0.2, 0) is 14.9 Å². The first kappa shape index (κ1) is 19.9. The highest BCUT2D eigenvalue weighted by atomic mass is 16.5. The van der Waals surface area contributed by atoms with Crippen molar-refractivity contribution in [1.29, 1.82) is 0 Å². The summed E-state index contributed by atoms with van der Waals surface area (Å²) in [4.78, 5) is 26.5. The fourth-order valence-electron chi connectivity index (χ4n) is 4.55. The van der Waals surface area contributed by atoms with E-state index < -0.39 is 0 Å². The third-order valence-electron chi connectivity index (χ3n) is 6.09. The first-order valence-corrected chi connectivity index (χ1v) is 9.88. The first-order valence-electron chi connectivity index (χ1n) is 9.88. The van der Waals surface area contributed by atoms with Crippen molar-refractivity contribution in [2.75, 3.05) is 20.2 Å². The second kappa shape index (κ2) is 7.63. The Morgan fingerprint density at radius 3 is 2.19 bits per heavy atom. The lowest BCUT2D eigenvalue weighted by Gasteiger charge is -2.37. The largest absolute Gasteiger partial charge is 0.379 e. The minimum absolute atomic E-state index is 0.0228. The lowest BCUT2D eigenvalue weighted by Crippen LogP contribution is -2.49. The molecule has 1 aromatic rings. The minimum atomic E-state index is -0.0228. The molecule has 1 aromatic carbocycles. The molecule has 1 saturated carbocycles. The van der Waals surface area contributed by atoms with Crippen molar-refractivity contribution in [3.8, 4) is 0 Å². The number of fused-ring (bicyclic) bond motifs is 1. The van der Waals surface area contributed by atoms with Crippen LogP contribution in [0.3, 0.4) is 0 Å². The van der Waals surface area contributed by atoms with Crippen LogP contribution in [0.15, 0.2) is 24.3 Å². The standard InChI is InChI=1S/C22H32N2O3/c1-14(25)23-19-10-16-12-24(13-17(16)11-20(19)27-5)21(26)15-6-8-18(9-7-15)22(2,3)4/h6-9,16-17,19-20H,10-13H2,1-5H3,(H,23,25)/t16-,17+,19-,20-/m1/s1. The molecule has 3 rings (SSSR count). The molecule has 27 heavy (non-hydrogen) atoms. The average molecular weight is 373 g/mol. The van der Waals surface area contributed by atoms with Gasteiger partial charge in [0.25, 0.3) is 5.91 Å². The molecule has 5 heteroatoms. The maximum atomic E-state index is 13.0. The molecule has 1 N–H and O–H groups in total. The van der Waals surface area contributed by atoms with E-state index in [0.717, 1.165) is 31.5 Å². The van der Waals surface area contributed by atoms with Gasteiger partial charge in [-0.3, -0.25) is 9.59 Å². The number of amides is 2. The average Bonchev–Trinajstić information content (AvgIpc) is 3.02. The fraction of sp³-hybridized carbons (Fsp3) is 0.636. The third-order valence-corrected chi connectivity index (χ3v) is 6.09. The maximum Gasteiger partial charge on any atom is 0.253 e. The number of benzene rings is 1. The molecule has 1 aliphatic carbocycles. The number of nitrogens with zero attached hydrogens (tertiary/aromatic N) is 1. The number of ether oxygens (including phenoxy) is 1. The predicted molar refractivity (Wildman–Crippen MR) is 106 cm³/mol. The van der Waals surface area contributed by atoms with Gasteiger partial charge >= 0.3 is 0 Å². The zero-order chi connectivity index (χ0) is 19.8. The third kappa shape index (κ3) is 4.34. The van der Waals surface area contributed by atoms with Crippen molar-refractivity contribution in [1.82, 2.24) is 10.2 Å². The highest BCUT2D eigenvalue weighted by Crippen LogP contribution is 2.38. The summed E-state index contributed by atoms with van der Waals surface area (Å²) < 4.78 is 5.62. The molecule has 2 fully saturated rings. The number of hydrogen-bond donors (Lipinski definition) is 1. The highest BCUT2D eigenvalue weighted by Gasteiger charge is 2.44. The Kier molecular flexibility index (Phi) is 5.61.